The van der Waals surface area contributed by atoms with Crippen molar-refractivity contribution >= 4 is 11.6 Å². The molecule has 0 radical (unpaired) electrons. The summed E-state index contributed by atoms with van der Waals surface area (Å²) in [4.78, 5) is 20.7. The number of imidazole rings is 1. The quantitative estimate of drug-likeness (QED) is 0.779. The number of carbonyl (C=O) groups excluding carboxylic acids is 1. The average molecular weight is 356 g/mol. The number of nitrogens with one attached hydrogen (secondary N) is 3. The molecule has 3 N–H and O–H groups in total. The van der Waals surface area contributed by atoms with Crippen LogP contribution in [0.1, 0.15) is 31.2 Å². The first kappa shape index (κ1) is 17.1. The summed E-state index contributed by atoms with van der Waals surface area (Å²) in [5, 5.41) is 6.59. The Morgan fingerprint density at radius 1 is 1.38 bits per heavy atom. The standard InChI is InChI=1S/C19H24N4O3/c1-2-26-16-6-4-3-5-13(16)22-18(24)15-11-14-17(21-12-20-14)19(23-15)7-9-25-10-8-19/h3-6,12,15,23H,2,7-11H2,1H3,(H,20,21)(H,22,24)/t15-/m0/s1. The van der Waals surface area contributed by atoms with E-state index in [-0.39, 0.29) is 17.5 Å². The van der Waals surface area contributed by atoms with Crippen LogP contribution in [0.4, 0.5) is 5.69 Å². The Hall–Kier alpha value is -2.38. The molecule has 3 heterocycles. The van der Waals surface area contributed by atoms with Crippen LogP contribution in [0, 0.1) is 0 Å². The number of nitrogens with zero attached hydrogens (tertiary/aromatic N) is 1. The lowest BCUT2D eigenvalue weighted by molar-refractivity contribution is -0.119. The van der Waals surface area contributed by atoms with E-state index in [0.29, 0.717) is 37.7 Å². The zero-order chi connectivity index (χ0) is 18.0. The van der Waals surface area contributed by atoms with Gasteiger partial charge in [-0.2, -0.15) is 0 Å². The van der Waals surface area contributed by atoms with Gasteiger partial charge in [-0.3, -0.25) is 10.1 Å². The van der Waals surface area contributed by atoms with Crippen LogP contribution in [0.25, 0.3) is 0 Å². The molecular weight excluding hydrogens is 332 g/mol. The average Bonchev–Trinajstić information content (AvgIpc) is 3.14. The molecule has 7 nitrogen and oxygen atoms in total. The lowest BCUT2D eigenvalue weighted by Crippen LogP contribution is -2.59. The molecule has 0 saturated carbocycles. The van der Waals surface area contributed by atoms with Crippen molar-refractivity contribution in [2.24, 2.45) is 0 Å². The van der Waals surface area contributed by atoms with Gasteiger partial charge in [-0.1, -0.05) is 12.1 Å². The number of fused-ring (bicyclic) bond motifs is 2. The molecule has 1 spiro atoms. The van der Waals surface area contributed by atoms with Gasteiger partial charge >= 0.3 is 0 Å². The summed E-state index contributed by atoms with van der Waals surface area (Å²) in [7, 11) is 0. The zero-order valence-electron chi connectivity index (χ0n) is 14.9. The fourth-order valence-corrected chi connectivity index (χ4v) is 3.88. The van der Waals surface area contributed by atoms with Gasteiger partial charge in [0.25, 0.3) is 0 Å². The van der Waals surface area contributed by atoms with Crippen LogP contribution < -0.4 is 15.4 Å². The van der Waals surface area contributed by atoms with Crippen molar-refractivity contribution < 1.29 is 14.3 Å². The van der Waals surface area contributed by atoms with Crippen LogP contribution in [0.15, 0.2) is 30.6 Å². The van der Waals surface area contributed by atoms with Gasteiger partial charge < -0.3 is 19.8 Å². The minimum atomic E-state index is -0.337. The summed E-state index contributed by atoms with van der Waals surface area (Å²) in [5.74, 6) is 0.616. The van der Waals surface area contributed by atoms with Crippen molar-refractivity contribution in [2.75, 3.05) is 25.1 Å². The van der Waals surface area contributed by atoms with E-state index in [1.807, 2.05) is 31.2 Å². The molecule has 2 aromatic rings. The second-order valence-corrected chi connectivity index (χ2v) is 6.74. The molecule has 138 valence electrons. The lowest BCUT2D eigenvalue weighted by atomic mass is 9.80. The largest absolute Gasteiger partial charge is 0.492 e. The van der Waals surface area contributed by atoms with Crippen molar-refractivity contribution in [3.63, 3.8) is 0 Å². The van der Waals surface area contributed by atoms with Crippen molar-refractivity contribution in [1.29, 1.82) is 0 Å². The number of anilines is 1. The Morgan fingerprint density at radius 3 is 3.00 bits per heavy atom. The number of H-pyrrole nitrogens is 1. The summed E-state index contributed by atoms with van der Waals surface area (Å²) >= 11 is 0. The lowest BCUT2D eigenvalue weighted by Gasteiger charge is -2.43. The Bertz CT molecular complexity index is 783. The van der Waals surface area contributed by atoms with E-state index >= 15 is 0 Å². The summed E-state index contributed by atoms with van der Waals surface area (Å²) in [6.45, 7) is 3.81. The molecule has 1 aromatic heterocycles. The SMILES string of the molecule is CCOc1ccccc1NC(=O)[C@@H]1Cc2[nH]cnc2C2(CCOCC2)N1. The summed E-state index contributed by atoms with van der Waals surface area (Å²) in [6.07, 6.45) is 3.92. The zero-order valence-corrected chi connectivity index (χ0v) is 14.9. The maximum Gasteiger partial charge on any atom is 0.242 e. The molecule has 1 aromatic carbocycles. The fourth-order valence-electron chi connectivity index (χ4n) is 3.88. The molecule has 1 fully saturated rings. The predicted molar refractivity (Wildman–Crippen MR) is 97.2 cm³/mol. The van der Waals surface area contributed by atoms with E-state index in [0.717, 1.165) is 24.2 Å². The van der Waals surface area contributed by atoms with Gasteiger partial charge in [-0.25, -0.2) is 4.98 Å². The van der Waals surface area contributed by atoms with Gasteiger partial charge in [0.1, 0.15) is 5.75 Å². The van der Waals surface area contributed by atoms with Crippen LogP contribution in [-0.2, 0) is 21.5 Å². The minimum absolute atomic E-state index is 0.0664. The van der Waals surface area contributed by atoms with Crippen LogP contribution in [0.3, 0.4) is 0 Å². The van der Waals surface area contributed by atoms with Crippen molar-refractivity contribution in [2.45, 2.75) is 37.8 Å². The van der Waals surface area contributed by atoms with Gasteiger partial charge in [-0.05, 0) is 31.9 Å². The highest BCUT2D eigenvalue weighted by molar-refractivity contribution is 5.96. The Kier molecular flexibility index (Phi) is 4.65. The predicted octanol–water partition coefficient (Wildman–Crippen LogP) is 1.97. The molecule has 4 rings (SSSR count). The van der Waals surface area contributed by atoms with Gasteiger partial charge in [0, 0.05) is 25.3 Å². The van der Waals surface area contributed by atoms with Crippen molar-refractivity contribution in [3.8, 4) is 5.75 Å². The van der Waals surface area contributed by atoms with E-state index in [4.69, 9.17) is 9.47 Å². The molecule has 0 aliphatic carbocycles. The highest BCUT2D eigenvalue weighted by Crippen LogP contribution is 2.37. The number of para-hydroxylation sites is 2. The van der Waals surface area contributed by atoms with Gasteiger partial charge in [-0.15, -0.1) is 0 Å². The highest BCUT2D eigenvalue weighted by Gasteiger charge is 2.45. The molecule has 1 saturated heterocycles. The molecular formula is C19H24N4O3. The summed E-state index contributed by atoms with van der Waals surface area (Å²) in [5.41, 5.74) is 2.45. The first-order valence-corrected chi connectivity index (χ1v) is 9.13. The summed E-state index contributed by atoms with van der Waals surface area (Å²) in [6, 6.07) is 7.17. The maximum atomic E-state index is 13.0. The maximum absolute atomic E-state index is 13.0. The number of rotatable bonds is 4. The normalized spacial score (nSPS) is 21.2. The van der Waals surface area contributed by atoms with E-state index in [2.05, 4.69) is 20.6 Å². The first-order valence-electron chi connectivity index (χ1n) is 9.13. The number of benzene rings is 1. The highest BCUT2D eigenvalue weighted by atomic mass is 16.5. The number of ether oxygens (including phenoxy) is 2. The first-order chi connectivity index (χ1) is 12.7. The Balaban J connectivity index is 1.56. The van der Waals surface area contributed by atoms with Crippen LogP contribution in [-0.4, -0.2) is 41.7 Å². The third-order valence-electron chi connectivity index (χ3n) is 5.14. The molecule has 1 atom stereocenters. The van der Waals surface area contributed by atoms with Crippen molar-refractivity contribution in [3.05, 3.63) is 42.0 Å². The number of amides is 1. The number of hydrogen-bond donors (Lipinski definition) is 3. The molecule has 26 heavy (non-hydrogen) atoms. The minimum Gasteiger partial charge on any atom is -0.492 e. The van der Waals surface area contributed by atoms with Gasteiger partial charge in [0.05, 0.1) is 35.9 Å². The van der Waals surface area contributed by atoms with Crippen LogP contribution in [0.5, 0.6) is 5.75 Å². The van der Waals surface area contributed by atoms with E-state index in [9.17, 15) is 4.79 Å². The monoisotopic (exact) mass is 356 g/mol. The van der Waals surface area contributed by atoms with Crippen molar-refractivity contribution in [1.82, 2.24) is 15.3 Å². The Morgan fingerprint density at radius 2 is 2.19 bits per heavy atom. The van der Waals surface area contributed by atoms with Gasteiger partial charge in [0.15, 0.2) is 0 Å². The van der Waals surface area contributed by atoms with Crippen LogP contribution in [0.2, 0.25) is 0 Å². The molecule has 2 aliphatic rings. The summed E-state index contributed by atoms with van der Waals surface area (Å²) < 4.78 is 11.1. The number of aromatic amines is 1. The second kappa shape index (κ2) is 7.09. The molecule has 7 heteroatoms. The van der Waals surface area contributed by atoms with Gasteiger partial charge in [0.2, 0.25) is 5.91 Å². The second-order valence-electron chi connectivity index (χ2n) is 6.74. The number of hydrogen-bond acceptors (Lipinski definition) is 5. The smallest absolute Gasteiger partial charge is 0.242 e. The molecule has 1 amide bonds. The van der Waals surface area contributed by atoms with E-state index < -0.39 is 0 Å². The molecule has 0 unspecified atom stereocenters. The third kappa shape index (κ3) is 3.08. The van der Waals surface area contributed by atoms with E-state index in [1.54, 1.807) is 6.33 Å². The topological polar surface area (TPSA) is 88.3 Å². The fraction of sp³-hybridized carbons (Fsp3) is 0.474. The number of carbonyl (C=O) groups is 1. The van der Waals surface area contributed by atoms with Crippen LogP contribution >= 0.6 is 0 Å². The van der Waals surface area contributed by atoms with E-state index in [1.165, 1.54) is 0 Å². The molecule has 0 bridgehead atoms. The third-order valence-corrected chi connectivity index (χ3v) is 5.14. The Labute approximate surface area is 152 Å². The number of aromatic nitrogens is 2. The molecule has 2 aliphatic heterocycles.